The molecule has 0 N–H and O–H groups in total. The number of benzene rings is 8. The molecule has 0 aliphatic heterocycles. The Hall–Kier alpha value is -5.86. The molecule has 0 fully saturated rings. The molecule has 2 aliphatic rings. The van der Waals surface area contributed by atoms with Crippen LogP contribution in [0, 0.1) is 0 Å². The monoisotopic (exact) mass is 641 g/mol. The van der Waals surface area contributed by atoms with Crippen molar-refractivity contribution in [2.45, 2.75) is 38.5 Å². The fraction of sp³-hybridized carbons (Fsp3) is 0.125. The molecule has 0 atom stereocenters. The van der Waals surface area contributed by atoms with Crippen LogP contribution in [0.5, 0.6) is 0 Å². The Kier molecular flexibility index (Phi) is 5.28. The van der Waals surface area contributed by atoms with E-state index < -0.39 is 0 Å². The third-order valence-corrected chi connectivity index (χ3v) is 12.0. The molecule has 11 rings (SSSR count). The normalized spacial score (nSPS) is 15.1. The minimum Gasteiger partial charge on any atom is -0.456 e. The first kappa shape index (κ1) is 28.0. The molecular formula is C48H35NO. The van der Waals surface area contributed by atoms with Gasteiger partial charge in [-0.25, -0.2) is 0 Å². The van der Waals surface area contributed by atoms with Gasteiger partial charge in [0.15, 0.2) is 0 Å². The van der Waals surface area contributed by atoms with Gasteiger partial charge in [-0.1, -0.05) is 125 Å². The lowest BCUT2D eigenvalue weighted by Gasteiger charge is -2.30. The van der Waals surface area contributed by atoms with Crippen molar-refractivity contribution in [3.05, 3.63) is 162 Å². The van der Waals surface area contributed by atoms with Gasteiger partial charge < -0.3 is 9.32 Å². The van der Waals surface area contributed by atoms with Crippen molar-refractivity contribution >= 4 is 60.5 Å². The molecule has 0 unspecified atom stereocenters. The van der Waals surface area contributed by atoms with Crippen molar-refractivity contribution in [3.63, 3.8) is 0 Å². The standard InChI is InChI=1S/C48H35NO/c1-47(2)38-17-8-6-13-35(38)44-39(47)18-11-19-41(44)49(29-23-25-32-31-12-5-7-16-37(31)48(3,4)40(32)27-29)28-22-24-30-33-14-9-20-42-45(33)46-34(36(30)26-28)15-10-21-43(46)50-42/h5-27H,1-4H3. The molecule has 2 aliphatic carbocycles. The van der Waals surface area contributed by atoms with E-state index in [9.17, 15) is 0 Å². The first-order valence-corrected chi connectivity index (χ1v) is 17.7. The van der Waals surface area contributed by atoms with Gasteiger partial charge in [0.1, 0.15) is 11.2 Å². The quantitative estimate of drug-likeness (QED) is 0.179. The average Bonchev–Trinajstić information content (AvgIpc) is 3.72. The highest BCUT2D eigenvalue weighted by Gasteiger charge is 2.39. The van der Waals surface area contributed by atoms with E-state index in [2.05, 4.69) is 172 Å². The van der Waals surface area contributed by atoms with Crippen LogP contribution >= 0.6 is 0 Å². The number of nitrogens with zero attached hydrogens (tertiary/aromatic N) is 1. The number of rotatable bonds is 3. The molecule has 9 aromatic rings. The van der Waals surface area contributed by atoms with E-state index in [-0.39, 0.29) is 10.8 Å². The van der Waals surface area contributed by atoms with Gasteiger partial charge in [-0.15, -0.1) is 0 Å². The number of furan rings is 1. The van der Waals surface area contributed by atoms with Crippen LogP contribution in [0.25, 0.3) is 65.7 Å². The Labute approximate surface area is 291 Å². The zero-order valence-electron chi connectivity index (χ0n) is 28.6. The number of fused-ring (bicyclic) bond motifs is 9. The van der Waals surface area contributed by atoms with Crippen molar-refractivity contribution < 1.29 is 4.42 Å². The summed E-state index contributed by atoms with van der Waals surface area (Å²) in [5.74, 6) is 0. The summed E-state index contributed by atoms with van der Waals surface area (Å²) in [5, 5.41) is 7.38. The summed E-state index contributed by atoms with van der Waals surface area (Å²) in [4.78, 5) is 2.52. The van der Waals surface area contributed by atoms with Crippen LogP contribution in [0.2, 0.25) is 0 Å². The lowest BCUT2D eigenvalue weighted by molar-refractivity contribution is 0.660. The largest absolute Gasteiger partial charge is 0.456 e. The molecule has 0 amide bonds. The second-order valence-electron chi connectivity index (χ2n) is 15.3. The summed E-state index contributed by atoms with van der Waals surface area (Å²) in [7, 11) is 0. The molecule has 0 bridgehead atoms. The van der Waals surface area contributed by atoms with Gasteiger partial charge in [0.25, 0.3) is 0 Å². The molecule has 0 radical (unpaired) electrons. The molecule has 0 saturated carbocycles. The third kappa shape index (κ3) is 3.43. The third-order valence-electron chi connectivity index (χ3n) is 12.0. The van der Waals surface area contributed by atoms with Crippen LogP contribution in [0.1, 0.15) is 49.9 Å². The van der Waals surface area contributed by atoms with Gasteiger partial charge in [-0.2, -0.15) is 0 Å². The van der Waals surface area contributed by atoms with Gasteiger partial charge in [0.2, 0.25) is 0 Å². The maximum absolute atomic E-state index is 6.38. The Balaban J connectivity index is 1.22. The highest BCUT2D eigenvalue weighted by atomic mass is 16.3. The van der Waals surface area contributed by atoms with Gasteiger partial charge >= 0.3 is 0 Å². The Morgan fingerprint density at radius 2 is 0.980 bits per heavy atom. The Morgan fingerprint density at radius 1 is 0.420 bits per heavy atom. The smallest absolute Gasteiger partial charge is 0.136 e. The van der Waals surface area contributed by atoms with Crippen LogP contribution in [0.3, 0.4) is 0 Å². The van der Waals surface area contributed by atoms with Crippen molar-refractivity contribution in [1.82, 2.24) is 0 Å². The summed E-state index contributed by atoms with van der Waals surface area (Å²) >= 11 is 0. The molecule has 0 spiro atoms. The highest BCUT2D eigenvalue weighted by molar-refractivity contribution is 6.33. The topological polar surface area (TPSA) is 16.4 Å². The molecule has 8 aromatic carbocycles. The predicted molar refractivity (Wildman–Crippen MR) is 210 cm³/mol. The summed E-state index contributed by atoms with van der Waals surface area (Å²) in [5.41, 5.74) is 16.0. The van der Waals surface area contributed by atoms with Crippen LogP contribution in [0.15, 0.2) is 144 Å². The molecule has 0 saturated heterocycles. The summed E-state index contributed by atoms with van der Waals surface area (Å²) in [6, 6.07) is 51.9. The number of hydrogen-bond donors (Lipinski definition) is 0. The van der Waals surface area contributed by atoms with E-state index in [0.29, 0.717) is 0 Å². The second-order valence-corrected chi connectivity index (χ2v) is 15.3. The first-order valence-electron chi connectivity index (χ1n) is 17.7. The maximum Gasteiger partial charge on any atom is 0.136 e. The maximum atomic E-state index is 6.38. The lowest BCUT2D eigenvalue weighted by Crippen LogP contribution is -2.17. The van der Waals surface area contributed by atoms with E-state index in [4.69, 9.17) is 4.42 Å². The summed E-state index contributed by atoms with van der Waals surface area (Å²) in [6.07, 6.45) is 0. The van der Waals surface area contributed by atoms with Crippen molar-refractivity contribution in [2.24, 2.45) is 0 Å². The van der Waals surface area contributed by atoms with Gasteiger partial charge in [0, 0.05) is 38.5 Å². The molecule has 1 heterocycles. The Bertz CT molecular complexity index is 2880. The summed E-state index contributed by atoms with van der Waals surface area (Å²) < 4.78 is 6.38. The van der Waals surface area contributed by atoms with Crippen LogP contribution < -0.4 is 4.90 Å². The van der Waals surface area contributed by atoms with E-state index in [1.807, 2.05) is 0 Å². The average molecular weight is 642 g/mol. The molecule has 2 heteroatoms. The van der Waals surface area contributed by atoms with Crippen LogP contribution in [0.4, 0.5) is 17.1 Å². The first-order chi connectivity index (χ1) is 24.3. The zero-order chi connectivity index (χ0) is 33.5. The lowest BCUT2D eigenvalue weighted by atomic mass is 9.82. The second kappa shape index (κ2) is 9.43. The van der Waals surface area contributed by atoms with Gasteiger partial charge in [-0.3, -0.25) is 0 Å². The summed E-state index contributed by atoms with van der Waals surface area (Å²) in [6.45, 7) is 9.47. The minimum atomic E-state index is -0.108. The van der Waals surface area contributed by atoms with Crippen molar-refractivity contribution in [1.29, 1.82) is 0 Å². The molecule has 50 heavy (non-hydrogen) atoms. The Morgan fingerprint density at radius 3 is 1.74 bits per heavy atom. The SMILES string of the molecule is CC1(C)c2ccccc2-c2ccc(N(c3ccc4c(c3)c3cccc5oc6cccc4c6c53)c3cccc4c3-c3ccccc3C4(C)C)cc21. The minimum absolute atomic E-state index is 0.100. The number of anilines is 3. The van der Waals surface area contributed by atoms with Crippen molar-refractivity contribution in [3.8, 4) is 22.3 Å². The fourth-order valence-electron chi connectivity index (χ4n) is 9.62. The van der Waals surface area contributed by atoms with E-state index in [1.165, 1.54) is 88.2 Å². The number of hydrogen-bond acceptors (Lipinski definition) is 2. The fourth-order valence-corrected chi connectivity index (χ4v) is 9.62. The van der Waals surface area contributed by atoms with E-state index in [1.54, 1.807) is 0 Å². The van der Waals surface area contributed by atoms with Gasteiger partial charge in [-0.05, 0) is 103 Å². The predicted octanol–water partition coefficient (Wildman–Crippen LogP) is 13.4. The molecular weight excluding hydrogens is 607 g/mol. The van der Waals surface area contributed by atoms with Crippen molar-refractivity contribution in [2.75, 3.05) is 4.90 Å². The highest BCUT2D eigenvalue weighted by Crippen LogP contribution is 2.56. The van der Waals surface area contributed by atoms with E-state index >= 15 is 0 Å². The van der Waals surface area contributed by atoms with Gasteiger partial charge in [0.05, 0.1) is 5.69 Å². The molecule has 2 nitrogen and oxygen atoms in total. The van der Waals surface area contributed by atoms with Crippen LogP contribution in [-0.2, 0) is 10.8 Å². The van der Waals surface area contributed by atoms with E-state index in [0.717, 1.165) is 16.9 Å². The van der Waals surface area contributed by atoms with Crippen LogP contribution in [-0.4, -0.2) is 0 Å². The zero-order valence-corrected chi connectivity index (χ0v) is 28.6. The molecule has 238 valence electrons. The molecule has 1 aromatic heterocycles.